The molecule has 0 aromatic heterocycles. The van der Waals surface area contributed by atoms with Crippen LogP contribution in [0.15, 0.2) is 36.4 Å². The molecule has 1 N–H and O–H groups in total. The molecule has 0 saturated heterocycles. The molecule has 0 amide bonds. The predicted molar refractivity (Wildman–Crippen MR) is 97.5 cm³/mol. The fourth-order valence-electron chi connectivity index (χ4n) is 2.16. The van der Waals surface area contributed by atoms with E-state index in [1.165, 1.54) is 5.56 Å². The summed E-state index contributed by atoms with van der Waals surface area (Å²) in [7, 11) is 0. The Hall–Kier alpha value is -0.440. The first-order valence-corrected chi connectivity index (χ1v) is 8.58. The van der Waals surface area contributed by atoms with Crippen molar-refractivity contribution in [2.75, 3.05) is 0 Å². The van der Waals surface area contributed by atoms with Crippen molar-refractivity contribution < 1.29 is 0 Å². The van der Waals surface area contributed by atoms with E-state index in [-0.39, 0.29) is 0 Å². The summed E-state index contributed by atoms with van der Waals surface area (Å²) in [6.45, 7) is 2.79. The Kier molecular flexibility index (Phi) is 6.86. The second kappa shape index (κ2) is 8.42. The zero-order chi connectivity index (χ0) is 16.1. The molecular formula is C17H17Cl4N. The van der Waals surface area contributed by atoms with Crippen LogP contribution in [0, 0.1) is 0 Å². The molecule has 5 heteroatoms. The van der Waals surface area contributed by atoms with E-state index in [1.807, 2.05) is 36.4 Å². The molecule has 118 valence electrons. The standard InChI is InChI=1S/C17H17Cl4N/c1-11(5-6-12-7-8-16(20)17(21)9-12)22-10-13-14(18)3-2-4-15(13)19/h2-4,7-9,11,22H,5-6,10H2,1H3. The molecule has 0 radical (unpaired) electrons. The number of halogens is 4. The maximum absolute atomic E-state index is 6.17. The molecule has 2 aromatic rings. The second-order valence-corrected chi connectivity index (χ2v) is 6.90. The van der Waals surface area contributed by atoms with Crippen molar-refractivity contribution in [1.29, 1.82) is 0 Å². The average molecular weight is 377 g/mol. The zero-order valence-electron chi connectivity index (χ0n) is 12.2. The highest BCUT2D eigenvalue weighted by Gasteiger charge is 2.08. The van der Waals surface area contributed by atoms with Crippen LogP contribution in [0.3, 0.4) is 0 Å². The van der Waals surface area contributed by atoms with Gasteiger partial charge in [0.05, 0.1) is 10.0 Å². The molecule has 1 unspecified atom stereocenters. The molecule has 0 spiro atoms. The highest BCUT2D eigenvalue weighted by Crippen LogP contribution is 2.25. The van der Waals surface area contributed by atoms with Crippen molar-refractivity contribution >= 4 is 46.4 Å². The van der Waals surface area contributed by atoms with Crippen LogP contribution >= 0.6 is 46.4 Å². The second-order valence-electron chi connectivity index (χ2n) is 5.27. The Morgan fingerprint density at radius 1 is 0.909 bits per heavy atom. The van der Waals surface area contributed by atoms with Gasteiger partial charge in [0.25, 0.3) is 0 Å². The molecule has 22 heavy (non-hydrogen) atoms. The van der Waals surface area contributed by atoms with Crippen LogP contribution in [0.1, 0.15) is 24.5 Å². The van der Waals surface area contributed by atoms with E-state index in [9.17, 15) is 0 Å². The van der Waals surface area contributed by atoms with Crippen LogP contribution in [-0.2, 0) is 13.0 Å². The quantitative estimate of drug-likeness (QED) is 0.613. The van der Waals surface area contributed by atoms with Crippen LogP contribution in [0.25, 0.3) is 0 Å². The zero-order valence-corrected chi connectivity index (χ0v) is 15.2. The van der Waals surface area contributed by atoms with Crippen LogP contribution in [0.5, 0.6) is 0 Å². The van der Waals surface area contributed by atoms with Crippen molar-refractivity contribution in [2.24, 2.45) is 0 Å². The van der Waals surface area contributed by atoms with Gasteiger partial charge in [0.15, 0.2) is 0 Å². The van der Waals surface area contributed by atoms with Gasteiger partial charge in [-0.2, -0.15) is 0 Å². The Morgan fingerprint density at radius 3 is 2.23 bits per heavy atom. The molecule has 0 bridgehead atoms. The van der Waals surface area contributed by atoms with Gasteiger partial charge in [0, 0.05) is 28.2 Å². The Labute approximate surface area is 151 Å². The summed E-state index contributed by atoms with van der Waals surface area (Å²) in [6, 6.07) is 11.6. The third-order valence-corrected chi connectivity index (χ3v) is 4.99. The Morgan fingerprint density at radius 2 is 1.59 bits per heavy atom. The third-order valence-electron chi connectivity index (χ3n) is 3.54. The van der Waals surface area contributed by atoms with Gasteiger partial charge in [-0.25, -0.2) is 0 Å². The van der Waals surface area contributed by atoms with Gasteiger partial charge in [0.1, 0.15) is 0 Å². The molecule has 1 nitrogen and oxygen atoms in total. The summed E-state index contributed by atoms with van der Waals surface area (Å²) < 4.78 is 0. The molecule has 2 rings (SSSR count). The van der Waals surface area contributed by atoms with Gasteiger partial charge in [-0.1, -0.05) is 58.5 Å². The highest BCUT2D eigenvalue weighted by atomic mass is 35.5. The highest BCUT2D eigenvalue weighted by molar-refractivity contribution is 6.42. The molecule has 1 atom stereocenters. The number of hydrogen-bond donors (Lipinski definition) is 1. The molecular weight excluding hydrogens is 360 g/mol. The summed E-state index contributed by atoms with van der Waals surface area (Å²) >= 11 is 24.3. The van der Waals surface area contributed by atoms with Crippen molar-refractivity contribution in [3.05, 3.63) is 67.6 Å². The maximum Gasteiger partial charge on any atom is 0.0595 e. The first-order valence-electron chi connectivity index (χ1n) is 7.07. The number of benzene rings is 2. The monoisotopic (exact) mass is 375 g/mol. The molecule has 2 aromatic carbocycles. The van der Waals surface area contributed by atoms with Crippen molar-refractivity contribution in [3.63, 3.8) is 0 Å². The lowest BCUT2D eigenvalue weighted by molar-refractivity contribution is 0.514. The van der Waals surface area contributed by atoms with Crippen LogP contribution < -0.4 is 5.32 Å². The topological polar surface area (TPSA) is 12.0 Å². The minimum Gasteiger partial charge on any atom is -0.310 e. The lowest BCUT2D eigenvalue weighted by Crippen LogP contribution is -2.26. The largest absolute Gasteiger partial charge is 0.310 e. The van der Waals surface area contributed by atoms with Gasteiger partial charge in [-0.05, 0) is 49.6 Å². The molecule has 0 aliphatic rings. The number of aryl methyl sites for hydroxylation is 1. The van der Waals surface area contributed by atoms with Gasteiger partial charge >= 0.3 is 0 Å². The summed E-state index contributed by atoms with van der Waals surface area (Å²) in [5, 5.41) is 6.02. The predicted octanol–water partition coefficient (Wildman–Crippen LogP) is 6.41. The SMILES string of the molecule is CC(CCc1ccc(Cl)c(Cl)c1)NCc1c(Cl)cccc1Cl. The first kappa shape index (κ1) is 17.9. The van der Waals surface area contributed by atoms with E-state index < -0.39 is 0 Å². The van der Waals surface area contributed by atoms with E-state index in [0.717, 1.165) is 18.4 Å². The van der Waals surface area contributed by atoms with Gasteiger partial charge in [0.2, 0.25) is 0 Å². The summed E-state index contributed by atoms with van der Waals surface area (Å²) in [5.74, 6) is 0. The number of nitrogens with one attached hydrogen (secondary N) is 1. The fraction of sp³-hybridized carbons (Fsp3) is 0.294. The van der Waals surface area contributed by atoms with E-state index in [1.54, 1.807) is 0 Å². The van der Waals surface area contributed by atoms with E-state index in [0.29, 0.717) is 32.7 Å². The van der Waals surface area contributed by atoms with Gasteiger partial charge in [-0.3, -0.25) is 0 Å². The van der Waals surface area contributed by atoms with Gasteiger partial charge in [-0.15, -0.1) is 0 Å². The third kappa shape index (κ3) is 5.04. The number of hydrogen-bond acceptors (Lipinski definition) is 1. The molecule has 0 heterocycles. The van der Waals surface area contributed by atoms with Crippen molar-refractivity contribution in [3.8, 4) is 0 Å². The first-order chi connectivity index (χ1) is 10.5. The van der Waals surface area contributed by atoms with Crippen LogP contribution in [-0.4, -0.2) is 6.04 Å². The summed E-state index contributed by atoms with van der Waals surface area (Å²) in [5.41, 5.74) is 2.12. The average Bonchev–Trinajstić information content (AvgIpc) is 2.48. The van der Waals surface area contributed by atoms with E-state index in [4.69, 9.17) is 46.4 Å². The lowest BCUT2D eigenvalue weighted by Gasteiger charge is -2.15. The van der Waals surface area contributed by atoms with Crippen LogP contribution in [0.2, 0.25) is 20.1 Å². The fourth-order valence-corrected chi connectivity index (χ4v) is 3.01. The normalized spacial score (nSPS) is 12.4. The van der Waals surface area contributed by atoms with E-state index in [2.05, 4.69) is 12.2 Å². The maximum atomic E-state index is 6.17. The summed E-state index contributed by atoms with van der Waals surface area (Å²) in [6.07, 6.45) is 1.92. The minimum atomic E-state index is 0.335. The van der Waals surface area contributed by atoms with Crippen molar-refractivity contribution in [1.82, 2.24) is 5.32 Å². The summed E-state index contributed by atoms with van der Waals surface area (Å²) in [4.78, 5) is 0. The molecule has 0 aliphatic carbocycles. The molecule has 0 saturated carbocycles. The van der Waals surface area contributed by atoms with Crippen LogP contribution in [0.4, 0.5) is 0 Å². The van der Waals surface area contributed by atoms with E-state index >= 15 is 0 Å². The number of rotatable bonds is 6. The molecule has 0 aliphatic heterocycles. The Bertz CT molecular complexity index is 622. The van der Waals surface area contributed by atoms with Gasteiger partial charge < -0.3 is 5.32 Å². The lowest BCUT2D eigenvalue weighted by atomic mass is 10.1. The smallest absolute Gasteiger partial charge is 0.0595 e. The minimum absolute atomic E-state index is 0.335. The van der Waals surface area contributed by atoms with Crippen molar-refractivity contribution in [2.45, 2.75) is 32.4 Å². The Balaban J connectivity index is 1.85. The molecule has 0 fully saturated rings.